The van der Waals surface area contributed by atoms with Crippen LogP contribution in [-0.4, -0.2) is 11.7 Å². The SMILES string of the molecule is CC(C)(C)OC(=O)N(c1ccccc1)c1cccc(C#N)c1. The summed E-state index contributed by atoms with van der Waals surface area (Å²) in [5, 5.41) is 9.05. The van der Waals surface area contributed by atoms with E-state index < -0.39 is 11.7 Å². The van der Waals surface area contributed by atoms with Crippen LogP contribution in [-0.2, 0) is 4.74 Å². The summed E-state index contributed by atoms with van der Waals surface area (Å²) in [4.78, 5) is 14.0. The smallest absolute Gasteiger partial charge is 0.419 e. The van der Waals surface area contributed by atoms with Gasteiger partial charge in [-0.2, -0.15) is 5.26 Å². The minimum absolute atomic E-state index is 0.478. The first kappa shape index (κ1) is 15.6. The van der Waals surface area contributed by atoms with Gasteiger partial charge in [-0.05, 0) is 51.1 Å². The minimum atomic E-state index is -0.600. The van der Waals surface area contributed by atoms with Crippen LogP contribution >= 0.6 is 0 Å². The Hall–Kier alpha value is -2.80. The predicted molar refractivity (Wildman–Crippen MR) is 86.0 cm³/mol. The van der Waals surface area contributed by atoms with Gasteiger partial charge in [0, 0.05) is 0 Å². The van der Waals surface area contributed by atoms with Gasteiger partial charge in [0.15, 0.2) is 0 Å². The highest BCUT2D eigenvalue weighted by molar-refractivity contribution is 5.96. The lowest BCUT2D eigenvalue weighted by Crippen LogP contribution is -2.33. The van der Waals surface area contributed by atoms with Gasteiger partial charge in [-0.15, -0.1) is 0 Å². The maximum atomic E-state index is 12.6. The van der Waals surface area contributed by atoms with Crippen LogP contribution in [0.2, 0.25) is 0 Å². The van der Waals surface area contributed by atoms with Crippen molar-refractivity contribution in [1.82, 2.24) is 0 Å². The first-order chi connectivity index (χ1) is 10.4. The fourth-order valence-corrected chi connectivity index (χ4v) is 1.96. The molecule has 0 aliphatic heterocycles. The number of benzene rings is 2. The number of para-hydroxylation sites is 1. The average Bonchev–Trinajstić information content (AvgIpc) is 2.47. The number of amides is 1. The highest BCUT2D eigenvalue weighted by atomic mass is 16.6. The van der Waals surface area contributed by atoms with Crippen LogP contribution in [0.1, 0.15) is 26.3 Å². The van der Waals surface area contributed by atoms with E-state index in [2.05, 4.69) is 6.07 Å². The normalized spacial score (nSPS) is 10.6. The molecule has 0 saturated carbocycles. The Morgan fingerprint density at radius 3 is 2.27 bits per heavy atom. The van der Waals surface area contributed by atoms with Gasteiger partial charge in [0.25, 0.3) is 0 Å². The van der Waals surface area contributed by atoms with E-state index in [1.165, 1.54) is 4.90 Å². The van der Waals surface area contributed by atoms with Gasteiger partial charge in [-0.25, -0.2) is 9.69 Å². The van der Waals surface area contributed by atoms with Crippen molar-refractivity contribution in [1.29, 1.82) is 5.26 Å². The summed E-state index contributed by atoms with van der Waals surface area (Å²) < 4.78 is 5.49. The molecular formula is C18H18N2O2. The summed E-state index contributed by atoms with van der Waals surface area (Å²) in [5.74, 6) is 0. The molecule has 0 aromatic heterocycles. The standard InChI is InChI=1S/C18H18N2O2/c1-18(2,3)22-17(21)20(15-9-5-4-6-10-15)16-11-7-8-14(12-16)13-19/h4-12H,1-3H3. The van der Waals surface area contributed by atoms with Crippen LogP contribution in [0.25, 0.3) is 0 Å². The molecule has 2 aromatic rings. The van der Waals surface area contributed by atoms with Crippen molar-refractivity contribution in [2.75, 3.05) is 4.90 Å². The summed E-state index contributed by atoms with van der Waals surface area (Å²) >= 11 is 0. The van der Waals surface area contributed by atoms with Crippen LogP contribution in [0.5, 0.6) is 0 Å². The molecule has 4 heteroatoms. The molecular weight excluding hydrogens is 276 g/mol. The number of ether oxygens (including phenoxy) is 1. The van der Waals surface area contributed by atoms with Crippen molar-refractivity contribution >= 4 is 17.5 Å². The van der Waals surface area contributed by atoms with Gasteiger partial charge >= 0.3 is 6.09 Å². The molecule has 1 amide bonds. The van der Waals surface area contributed by atoms with E-state index in [1.54, 1.807) is 24.3 Å². The molecule has 0 aliphatic carbocycles. The molecule has 0 bridgehead atoms. The molecule has 0 saturated heterocycles. The van der Waals surface area contributed by atoms with E-state index in [0.29, 0.717) is 16.9 Å². The fraction of sp³-hybridized carbons (Fsp3) is 0.222. The van der Waals surface area contributed by atoms with Gasteiger partial charge in [0.2, 0.25) is 0 Å². The van der Waals surface area contributed by atoms with Crippen molar-refractivity contribution in [3.05, 3.63) is 60.2 Å². The minimum Gasteiger partial charge on any atom is -0.443 e. The number of carbonyl (C=O) groups excluding carboxylic acids is 1. The second-order valence-corrected chi connectivity index (χ2v) is 5.81. The topological polar surface area (TPSA) is 53.3 Å². The molecule has 2 aromatic carbocycles. The Morgan fingerprint density at radius 1 is 1.05 bits per heavy atom. The first-order valence-corrected chi connectivity index (χ1v) is 6.99. The number of nitrogens with zero attached hydrogens (tertiary/aromatic N) is 2. The van der Waals surface area contributed by atoms with Gasteiger partial charge in [0.05, 0.1) is 23.0 Å². The molecule has 0 aliphatic rings. The zero-order chi connectivity index (χ0) is 16.2. The highest BCUT2D eigenvalue weighted by Crippen LogP contribution is 2.28. The van der Waals surface area contributed by atoms with Crippen LogP contribution in [0.4, 0.5) is 16.2 Å². The van der Waals surface area contributed by atoms with E-state index in [0.717, 1.165) is 0 Å². The summed E-state index contributed by atoms with van der Waals surface area (Å²) in [6.07, 6.45) is -0.478. The molecule has 22 heavy (non-hydrogen) atoms. The molecule has 0 radical (unpaired) electrons. The van der Waals surface area contributed by atoms with Gasteiger partial charge in [0.1, 0.15) is 5.60 Å². The van der Waals surface area contributed by atoms with E-state index in [1.807, 2.05) is 51.1 Å². The Bertz CT molecular complexity index is 697. The lowest BCUT2D eigenvalue weighted by molar-refractivity contribution is 0.0599. The third-order valence-corrected chi connectivity index (χ3v) is 2.82. The fourth-order valence-electron chi connectivity index (χ4n) is 1.96. The third-order valence-electron chi connectivity index (χ3n) is 2.82. The van der Waals surface area contributed by atoms with Crippen molar-refractivity contribution in [2.24, 2.45) is 0 Å². The monoisotopic (exact) mass is 294 g/mol. The molecule has 0 heterocycles. The Morgan fingerprint density at radius 2 is 1.68 bits per heavy atom. The molecule has 2 rings (SSSR count). The van der Waals surface area contributed by atoms with Crippen molar-refractivity contribution in [3.8, 4) is 6.07 Å². The molecule has 0 N–H and O–H groups in total. The van der Waals surface area contributed by atoms with Gasteiger partial charge < -0.3 is 4.74 Å². The Kier molecular flexibility index (Phi) is 4.47. The van der Waals surface area contributed by atoms with E-state index >= 15 is 0 Å². The number of hydrogen-bond acceptors (Lipinski definition) is 3. The summed E-state index contributed by atoms with van der Waals surface area (Å²) in [6, 6.07) is 18.2. The van der Waals surface area contributed by atoms with Crippen molar-refractivity contribution in [3.63, 3.8) is 0 Å². The maximum absolute atomic E-state index is 12.6. The third kappa shape index (κ3) is 3.86. The molecule has 0 unspecified atom stereocenters. The van der Waals surface area contributed by atoms with Gasteiger partial charge in [-0.1, -0.05) is 24.3 Å². The second kappa shape index (κ2) is 6.31. The van der Waals surface area contributed by atoms with Crippen LogP contribution in [0.3, 0.4) is 0 Å². The van der Waals surface area contributed by atoms with E-state index in [-0.39, 0.29) is 0 Å². The molecule has 0 spiro atoms. The number of nitriles is 1. The number of anilines is 2. The number of rotatable bonds is 2. The molecule has 112 valence electrons. The van der Waals surface area contributed by atoms with Crippen molar-refractivity contribution in [2.45, 2.75) is 26.4 Å². The Balaban J connectivity index is 2.46. The Labute approximate surface area is 130 Å². The quantitative estimate of drug-likeness (QED) is 0.811. The molecule has 4 nitrogen and oxygen atoms in total. The molecule has 0 atom stereocenters. The lowest BCUT2D eigenvalue weighted by Gasteiger charge is -2.27. The van der Waals surface area contributed by atoms with E-state index in [9.17, 15) is 4.79 Å². The largest absolute Gasteiger partial charge is 0.443 e. The number of carbonyl (C=O) groups is 1. The summed E-state index contributed by atoms with van der Waals surface area (Å²) in [6.45, 7) is 5.46. The lowest BCUT2D eigenvalue weighted by atomic mass is 10.2. The first-order valence-electron chi connectivity index (χ1n) is 6.99. The molecule has 0 fully saturated rings. The van der Waals surface area contributed by atoms with E-state index in [4.69, 9.17) is 10.00 Å². The summed E-state index contributed by atoms with van der Waals surface area (Å²) in [5.41, 5.74) is 1.17. The van der Waals surface area contributed by atoms with Crippen molar-refractivity contribution < 1.29 is 9.53 Å². The zero-order valence-corrected chi connectivity index (χ0v) is 12.9. The maximum Gasteiger partial charge on any atom is 0.419 e. The highest BCUT2D eigenvalue weighted by Gasteiger charge is 2.24. The zero-order valence-electron chi connectivity index (χ0n) is 12.9. The van der Waals surface area contributed by atoms with Crippen LogP contribution in [0, 0.1) is 11.3 Å². The number of hydrogen-bond donors (Lipinski definition) is 0. The summed E-state index contributed by atoms with van der Waals surface area (Å²) in [7, 11) is 0. The second-order valence-electron chi connectivity index (χ2n) is 5.81. The predicted octanol–water partition coefficient (Wildman–Crippen LogP) is 4.63. The van der Waals surface area contributed by atoms with Gasteiger partial charge in [-0.3, -0.25) is 0 Å². The van der Waals surface area contributed by atoms with Crippen LogP contribution < -0.4 is 4.90 Å². The average molecular weight is 294 g/mol. The van der Waals surface area contributed by atoms with Crippen LogP contribution in [0.15, 0.2) is 54.6 Å².